The number of fused-ring (bicyclic) bond motifs is 1. The van der Waals surface area contributed by atoms with Gasteiger partial charge in [0.05, 0.1) is 0 Å². The van der Waals surface area contributed by atoms with Crippen molar-refractivity contribution in [3.63, 3.8) is 0 Å². The predicted octanol–water partition coefficient (Wildman–Crippen LogP) is 4.08. The third kappa shape index (κ3) is 2.28. The molecule has 0 atom stereocenters. The predicted molar refractivity (Wildman–Crippen MR) is 62.9 cm³/mol. The van der Waals surface area contributed by atoms with Crippen molar-refractivity contribution in [2.24, 2.45) is 0 Å². The Morgan fingerprint density at radius 3 is 2.87 bits per heavy atom. The molecule has 1 aliphatic rings. The number of hydrogen-bond acceptors (Lipinski definition) is 2. The van der Waals surface area contributed by atoms with E-state index in [2.05, 4.69) is 21.2 Å². The van der Waals surface area contributed by atoms with Crippen LogP contribution in [0.3, 0.4) is 0 Å². The van der Waals surface area contributed by atoms with Crippen LogP contribution in [0.25, 0.3) is 0 Å². The minimum Gasteiger partial charge on any atom is -0.383 e. The summed E-state index contributed by atoms with van der Waals surface area (Å²) >= 11 is 4.87. The topological polar surface area (TPSA) is 12.0 Å². The zero-order valence-corrected chi connectivity index (χ0v) is 10.5. The molecule has 0 fully saturated rings. The van der Waals surface area contributed by atoms with Crippen LogP contribution in [0.2, 0.25) is 0 Å². The Hall–Kier alpha value is -0.290. The van der Waals surface area contributed by atoms with E-state index >= 15 is 0 Å². The number of alkyl halides is 2. The molecule has 0 radical (unpaired) electrons. The molecule has 5 heteroatoms. The number of halogens is 3. The van der Waals surface area contributed by atoms with Gasteiger partial charge in [-0.05, 0) is 12.1 Å². The summed E-state index contributed by atoms with van der Waals surface area (Å²) in [7, 11) is 0. The standard InChI is InChI=1S/C10H10BrF2NS/c1-10(12,13)6-4-8-9(5-7(6)11)15-3-2-14-8/h4-5,14H,2-3H2,1H3. The summed E-state index contributed by atoms with van der Waals surface area (Å²) in [5.41, 5.74) is 0.849. The van der Waals surface area contributed by atoms with E-state index in [1.807, 2.05) is 0 Å². The van der Waals surface area contributed by atoms with Crippen LogP contribution in [-0.2, 0) is 5.92 Å². The molecule has 1 aliphatic heterocycles. The number of anilines is 1. The van der Waals surface area contributed by atoms with Crippen LogP contribution in [0.4, 0.5) is 14.5 Å². The summed E-state index contributed by atoms with van der Waals surface area (Å²) in [6.07, 6.45) is 0. The van der Waals surface area contributed by atoms with Crippen molar-refractivity contribution in [2.75, 3.05) is 17.6 Å². The van der Waals surface area contributed by atoms with Crippen molar-refractivity contribution in [3.8, 4) is 0 Å². The van der Waals surface area contributed by atoms with Gasteiger partial charge in [0.25, 0.3) is 5.92 Å². The second-order valence-corrected chi connectivity index (χ2v) is 5.48. The highest BCUT2D eigenvalue weighted by atomic mass is 79.9. The van der Waals surface area contributed by atoms with Crippen LogP contribution < -0.4 is 5.32 Å². The normalized spacial score (nSPS) is 15.7. The molecule has 2 rings (SSSR count). The van der Waals surface area contributed by atoms with Gasteiger partial charge >= 0.3 is 0 Å². The average molecular weight is 294 g/mol. The second-order valence-electron chi connectivity index (χ2n) is 3.49. The lowest BCUT2D eigenvalue weighted by Gasteiger charge is -2.21. The average Bonchev–Trinajstić information content (AvgIpc) is 2.15. The lowest BCUT2D eigenvalue weighted by molar-refractivity contribution is 0.0167. The first kappa shape index (κ1) is 11.2. The molecule has 0 aliphatic carbocycles. The third-order valence-electron chi connectivity index (χ3n) is 2.22. The fraction of sp³-hybridized carbons (Fsp3) is 0.400. The molecule has 0 saturated carbocycles. The molecule has 0 saturated heterocycles. The first-order valence-corrected chi connectivity index (χ1v) is 6.35. The fourth-order valence-electron chi connectivity index (χ4n) is 1.50. The van der Waals surface area contributed by atoms with Crippen LogP contribution >= 0.6 is 27.7 Å². The van der Waals surface area contributed by atoms with Crippen LogP contribution in [0.15, 0.2) is 21.5 Å². The largest absolute Gasteiger partial charge is 0.383 e. The minimum absolute atomic E-state index is 0.0382. The molecule has 0 unspecified atom stereocenters. The highest BCUT2D eigenvalue weighted by Gasteiger charge is 2.28. The summed E-state index contributed by atoms with van der Waals surface area (Å²) in [6.45, 7) is 1.74. The minimum atomic E-state index is -2.81. The zero-order valence-electron chi connectivity index (χ0n) is 8.11. The Morgan fingerprint density at radius 1 is 1.47 bits per heavy atom. The lowest BCUT2D eigenvalue weighted by atomic mass is 10.1. The van der Waals surface area contributed by atoms with Gasteiger partial charge in [0.2, 0.25) is 0 Å². The van der Waals surface area contributed by atoms with Gasteiger partial charge < -0.3 is 5.32 Å². The molecule has 0 amide bonds. The maximum absolute atomic E-state index is 13.2. The Labute approximate surface area is 99.8 Å². The Kier molecular flexibility index (Phi) is 2.94. The molecule has 1 heterocycles. The van der Waals surface area contributed by atoms with Gasteiger partial charge in [-0.1, -0.05) is 15.9 Å². The molecule has 1 N–H and O–H groups in total. The summed E-state index contributed by atoms with van der Waals surface area (Å²) in [5, 5.41) is 3.13. The highest BCUT2D eigenvalue weighted by molar-refractivity contribution is 9.10. The van der Waals surface area contributed by atoms with Crippen molar-refractivity contribution in [1.29, 1.82) is 0 Å². The maximum atomic E-state index is 13.2. The van der Waals surface area contributed by atoms with E-state index in [0.717, 1.165) is 29.8 Å². The van der Waals surface area contributed by atoms with Crippen LogP contribution in [0.1, 0.15) is 12.5 Å². The Balaban J connectivity index is 2.50. The van der Waals surface area contributed by atoms with E-state index in [0.29, 0.717) is 4.47 Å². The number of nitrogens with one attached hydrogen (secondary N) is 1. The summed E-state index contributed by atoms with van der Waals surface area (Å²) in [6, 6.07) is 3.30. The van der Waals surface area contributed by atoms with Crippen LogP contribution in [-0.4, -0.2) is 12.3 Å². The smallest absolute Gasteiger partial charge is 0.271 e. The van der Waals surface area contributed by atoms with Gasteiger partial charge in [-0.15, -0.1) is 11.8 Å². The lowest BCUT2D eigenvalue weighted by Crippen LogP contribution is -2.14. The maximum Gasteiger partial charge on any atom is 0.271 e. The van der Waals surface area contributed by atoms with E-state index in [4.69, 9.17) is 0 Å². The van der Waals surface area contributed by atoms with E-state index < -0.39 is 5.92 Å². The first-order chi connectivity index (χ1) is 6.98. The Bertz CT molecular complexity index is 390. The van der Waals surface area contributed by atoms with Gasteiger partial charge in [0, 0.05) is 39.8 Å². The summed E-state index contributed by atoms with van der Waals surface area (Å²) in [4.78, 5) is 1.03. The molecule has 0 bridgehead atoms. The molecular formula is C10H10BrF2NS. The van der Waals surface area contributed by atoms with E-state index in [1.54, 1.807) is 17.8 Å². The molecule has 0 aromatic heterocycles. The van der Waals surface area contributed by atoms with E-state index in [-0.39, 0.29) is 5.56 Å². The van der Waals surface area contributed by atoms with Crippen molar-refractivity contribution in [2.45, 2.75) is 17.7 Å². The molecular weight excluding hydrogens is 284 g/mol. The molecule has 1 nitrogen and oxygen atoms in total. The molecule has 0 spiro atoms. The van der Waals surface area contributed by atoms with Gasteiger partial charge in [0.15, 0.2) is 0 Å². The molecule has 82 valence electrons. The number of benzene rings is 1. The van der Waals surface area contributed by atoms with E-state index in [1.165, 1.54) is 6.07 Å². The number of rotatable bonds is 1. The number of thioether (sulfide) groups is 1. The van der Waals surface area contributed by atoms with Crippen LogP contribution in [0, 0.1) is 0 Å². The highest BCUT2D eigenvalue weighted by Crippen LogP contribution is 2.40. The molecule has 15 heavy (non-hydrogen) atoms. The second kappa shape index (κ2) is 3.94. The van der Waals surface area contributed by atoms with Gasteiger partial charge in [-0.3, -0.25) is 0 Å². The van der Waals surface area contributed by atoms with Crippen molar-refractivity contribution >= 4 is 33.4 Å². The van der Waals surface area contributed by atoms with Crippen molar-refractivity contribution in [3.05, 3.63) is 22.2 Å². The van der Waals surface area contributed by atoms with Crippen molar-refractivity contribution < 1.29 is 8.78 Å². The third-order valence-corrected chi connectivity index (χ3v) is 3.93. The molecule has 1 aromatic carbocycles. The van der Waals surface area contributed by atoms with Crippen LogP contribution in [0.5, 0.6) is 0 Å². The fourth-order valence-corrected chi connectivity index (χ4v) is 3.25. The Morgan fingerprint density at radius 2 is 2.20 bits per heavy atom. The van der Waals surface area contributed by atoms with Gasteiger partial charge in [-0.2, -0.15) is 0 Å². The monoisotopic (exact) mass is 293 g/mol. The SMILES string of the molecule is CC(F)(F)c1cc2c(cc1Br)SCCN2. The van der Waals surface area contributed by atoms with Crippen molar-refractivity contribution in [1.82, 2.24) is 0 Å². The summed E-state index contributed by atoms with van der Waals surface area (Å²) < 4.78 is 26.9. The van der Waals surface area contributed by atoms with E-state index in [9.17, 15) is 8.78 Å². The first-order valence-electron chi connectivity index (χ1n) is 4.57. The molecule has 1 aromatic rings. The quantitative estimate of drug-likeness (QED) is 0.837. The zero-order chi connectivity index (χ0) is 11.1. The van der Waals surface area contributed by atoms with Gasteiger partial charge in [0.1, 0.15) is 0 Å². The van der Waals surface area contributed by atoms with Gasteiger partial charge in [-0.25, -0.2) is 8.78 Å². The summed E-state index contributed by atoms with van der Waals surface area (Å²) in [5.74, 6) is -1.83. The number of hydrogen-bond donors (Lipinski definition) is 1.